The van der Waals surface area contributed by atoms with Gasteiger partial charge in [0.05, 0.1) is 24.3 Å². The van der Waals surface area contributed by atoms with Gasteiger partial charge in [0.25, 0.3) is 5.88 Å². The first-order valence-corrected chi connectivity index (χ1v) is 9.19. The fraction of sp³-hybridized carbons (Fsp3) is 0.421. The molecular weight excluding hydrogens is 360 g/mol. The van der Waals surface area contributed by atoms with Gasteiger partial charge in [0.2, 0.25) is 0 Å². The highest BCUT2D eigenvalue weighted by Gasteiger charge is 2.32. The first-order valence-electron chi connectivity index (χ1n) is 9.19. The van der Waals surface area contributed by atoms with Crippen LogP contribution in [-0.4, -0.2) is 41.7 Å². The van der Waals surface area contributed by atoms with Crippen LogP contribution in [0.2, 0.25) is 0 Å². The zero-order valence-corrected chi connectivity index (χ0v) is 16.3. The summed E-state index contributed by atoms with van der Waals surface area (Å²) in [6, 6.07) is 7.49. The normalized spacial score (nSPS) is 13.6. The molecule has 2 aromatic heterocycles. The van der Waals surface area contributed by atoms with Crippen molar-refractivity contribution in [1.29, 1.82) is 0 Å². The molecule has 9 heteroatoms. The molecule has 4 rings (SSSR count). The first-order chi connectivity index (χ1) is 13.3. The Morgan fingerprint density at radius 3 is 2.71 bits per heavy atom. The Bertz CT molecular complexity index is 1040. The summed E-state index contributed by atoms with van der Waals surface area (Å²) in [5.74, 6) is 1.02. The van der Waals surface area contributed by atoms with Crippen LogP contribution in [-0.2, 0) is 24.2 Å². The van der Waals surface area contributed by atoms with E-state index in [2.05, 4.69) is 20.3 Å². The number of hydrogen-bond acceptors (Lipinski definition) is 7. The molecule has 0 atom stereocenters. The third-order valence-electron chi connectivity index (χ3n) is 4.25. The smallest absolute Gasteiger partial charge is 0.410 e. The van der Waals surface area contributed by atoms with Gasteiger partial charge < -0.3 is 9.57 Å². The molecule has 0 saturated carbocycles. The van der Waals surface area contributed by atoms with Crippen molar-refractivity contribution < 1.29 is 14.4 Å². The predicted molar refractivity (Wildman–Crippen MR) is 100 cm³/mol. The predicted octanol–water partition coefficient (Wildman–Crippen LogP) is 2.88. The van der Waals surface area contributed by atoms with Gasteiger partial charge in [0.15, 0.2) is 0 Å². The van der Waals surface area contributed by atoms with Crippen molar-refractivity contribution in [3.8, 4) is 5.88 Å². The van der Waals surface area contributed by atoms with Gasteiger partial charge in [-0.2, -0.15) is 4.98 Å². The summed E-state index contributed by atoms with van der Waals surface area (Å²) in [6.07, 6.45) is 0.259. The number of carbonyl (C=O) groups is 1. The van der Waals surface area contributed by atoms with E-state index in [0.29, 0.717) is 31.2 Å². The maximum atomic E-state index is 12.5. The number of para-hydroxylation sites is 1. The van der Waals surface area contributed by atoms with E-state index in [1.165, 1.54) is 4.85 Å². The molecule has 28 heavy (non-hydrogen) atoms. The Morgan fingerprint density at radius 2 is 1.96 bits per heavy atom. The highest BCUT2D eigenvalue weighted by atomic mass is 16.7. The lowest BCUT2D eigenvalue weighted by atomic mass is 10.2. The summed E-state index contributed by atoms with van der Waals surface area (Å²) in [4.78, 5) is 30.4. The minimum absolute atomic E-state index is 0.316. The third-order valence-corrected chi connectivity index (χ3v) is 4.25. The van der Waals surface area contributed by atoms with Gasteiger partial charge >= 0.3 is 6.09 Å². The van der Waals surface area contributed by atoms with E-state index in [1.54, 1.807) is 4.90 Å². The average molecular weight is 382 g/mol. The second-order valence-corrected chi connectivity index (χ2v) is 7.60. The monoisotopic (exact) mass is 382 g/mol. The van der Waals surface area contributed by atoms with Gasteiger partial charge in [0, 0.05) is 6.42 Å². The zero-order chi connectivity index (χ0) is 19.9. The largest absolute Gasteiger partial charge is 0.444 e. The van der Waals surface area contributed by atoms with E-state index >= 15 is 0 Å². The number of benzene rings is 1. The van der Waals surface area contributed by atoms with Crippen molar-refractivity contribution in [2.24, 2.45) is 0 Å². The van der Waals surface area contributed by atoms with Crippen LogP contribution in [0.3, 0.4) is 0 Å². The van der Waals surface area contributed by atoms with Crippen LogP contribution in [0.4, 0.5) is 4.79 Å². The number of aromatic nitrogens is 5. The van der Waals surface area contributed by atoms with Gasteiger partial charge in [-0.05, 0) is 38.1 Å². The molecule has 0 radical (unpaired) electrons. The van der Waals surface area contributed by atoms with E-state index < -0.39 is 5.60 Å². The molecule has 1 aliphatic heterocycles. The van der Waals surface area contributed by atoms with Gasteiger partial charge in [-0.1, -0.05) is 23.9 Å². The molecule has 1 aliphatic rings. The Morgan fingerprint density at radius 1 is 1.18 bits per heavy atom. The van der Waals surface area contributed by atoms with Crippen molar-refractivity contribution in [2.45, 2.75) is 52.8 Å². The van der Waals surface area contributed by atoms with Crippen LogP contribution >= 0.6 is 0 Å². The fourth-order valence-corrected chi connectivity index (χ4v) is 2.96. The SMILES string of the molecule is CCc1nc2c(c(On3nnc4ccccc43)n1)CN(C(=O)OC(C)(C)C)C2. The van der Waals surface area contributed by atoms with Gasteiger partial charge in [-0.15, -0.1) is 5.10 Å². The number of fused-ring (bicyclic) bond motifs is 2. The zero-order valence-electron chi connectivity index (χ0n) is 16.3. The van der Waals surface area contributed by atoms with Crippen LogP contribution in [0.1, 0.15) is 44.8 Å². The van der Waals surface area contributed by atoms with E-state index in [4.69, 9.17) is 9.57 Å². The molecule has 1 amide bonds. The van der Waals surface area contributed by atoms with Gasteiger partial charge in [0.1, 0.15) is 22.5 Å². The van der Waals surface area contributed by atoms with Crippen molar-refractivity contribution in [3.63, 3.8) is 0 Å². The topological polar surface area (TPSA) is 95.3 Å². The molecular formula is C19H22N6O3. The summed E-state index contributed by atoms with van der Waals surface area (Å²) < 4.78 is 5.48. The van der Waals surface area contributed by atoms with E-state index in [1.807, 2.05) is 52.0 Å². The van der Waals surface area contributed by atoms with Crippen LogP contribution in [0, 0.1) is 0 Å². The highest BCUT2D eigenvalue weighted by Crippen LogP contribution is 2.30. The van der Waals surface area contributed by atoms with Crippen LogP contribution in [0.25, 0.3) is 11.0 Å². The second kappa shape index (κ2) is 6.74. The number of nitrogens with zero attached hydrogens (tertiary/aromatic N) is 6. The van der Waals surface area contributed by atoms with Crippen molar-refractivity contribution in [1.82, 2.24) is 30.0 Å². The number of aryl methyl sites for hydroxylation is 1. The summed E-state index contributed by atoms with van der Waals surface area (Å²) in [7, 11) is 0. The lowest BCUT2D eigenvalue weighted by molar-refractivity contribution is 0.0239. The number of carbonyl (C=O) groups excluding carboxylic acids is 1. The molecule has 1 aromatic carbocycles. The van der Waals surface area contributed by atoms with E-state index in [0.717, 1.165) is 22.3 Å². The summed E-state index contributed by atoms with van der Waals surface area (Å²) >= 11 is 0. The minimum atomic E-state index is -0.564. The molecule has 0 saturated heterocycles. The summed E-state index contributed by atoms with van der Waals surface area (Å²) in [5.41, 5.74) is 2.40. The maximum absolute atomic E-state index is 12.5. The van der Waals surface area contributed by atoms with Gasteiger partial charge in [-0.25, -0.2) is 9.78 Å². The summed E-state index contributed by atoms with van der Waals surface area (Å²) in [5, 5.41) is 8.15. The maximum Gasteiger partial charge on any atom is 0.410 e. The van der Waals surface area contributed by atoms with Crippen LogP contribution in [0.5, 0.6) is 5.88 Å². The Labute approximate surface area is 162 Å². The number of amides is 1. The Kier molecular flexibility index (Phi) is 4.37. The van der Waals surface area contributed by atoms with Crippen LogP contribution in [0.15, 0.2) is 24.3 Å². The molecule has 146 valence electrons. The average Bonchev–Trinajstić information content (AvgIpc) is 3.25. The van der Waals surface area contributed by atoms with Gasteiger partial charge in [-0.3, -0.25) is 4.90 Å². The first kappa shape index (κ1) is 18.1. The second-order valence-electron chi connectivity index (χ2n) is 7.60. The molecule has 0 spiro atoms. The standard InChI is InChI=1S/C19H22N6O3/c1-5-16-20-14-11-24(18(26)27-19(2,3)4)10-12(14)17(21-16)28-25-15-9-7-6-8-13(15)22-23-25/h6-9H,5,10-11H2,1-4H3. The molecule has 0 N–H and O–H groups in total. The van der Waals surface area contributed by atoms with Crippen molar-refractivity contribution in [3.05, 3.63) is 41.3 Å². The third kappa shape index (κ3) is 3.47. The molecule has 0 bridgehead atoms. The van der Waals surface area contributed by atoms with Crippen molar-refractivity contribution in [2.75, 3.05) is 0 Å². The lowest BCUT2D eigenvalue weighted by Gasteiger charge is -2.23. The van der Waals surface area contributed by atoms with E-state index in [9.17, 15) is 4.79 Å². The molecule has 0 unspecified atom stereocenters. The molecule has 0 aliphatic carbocycles. The Hall–Kier alpha value is -3.23. The highest BCUT2D eigenvalue weighted by molar-refractivity contribution is 5.73. The number of ether oxygens (including phenoxy) is 1. The van der Waals surface area contributed by atoms with E-state index in [-0.39, 0.29) is 6.09 Å². The molecule has 3 heterocycles. The summed E-state index contributed by atoms with van der Waals surface area (Å²) in [6.45, 7) is 8.16. The minimum Gasteiger partial charge on any atom is -0.444 e. The Balaban J connectivity index is 1.65. The van der Waals surface area contributed by atoms with Crippen molar-refractivity contribution >= 4 is 17.1 Å². The quantitative estimate of drug-likeness (QED) is 0.687. The fourth-order valence-electron chi connectivity index (χ4n) is 2.96. The molecule has 0 fully saturated rings. The molecule has 9 nitrogen and oxygen atoms in total. The number of rotatable bonds is 3. The lowest BCUT2D eigenvalue weighted by Crippen LogP contribution is -2.33. The molecule has 3 aromatic rings. The number of hydrogen-bond donors (Lipinski definition) is 0. The van der Waals surface area contributed by atoms with Crippen LogP contribution < -0.4 is 4.84 Å².